The highest BCUT2D eigenvalue weighted by molar-refractivity contribution is 5.72. The first-order chi connectivity index (χ1) is 9.74. The number of aromatic nitrogens is 2. The van der Waals surface area contributed by atoms with Crippen LogP contribution in [0.15, 0.2) is 60.8 Å². The summed E-state index contributed by atoms with van der Waals surface area (Å²) in [5, 5.41) is 4.39. The molecule has 1 aromatic heterocycles. The zero-order chi connectivity index (χ0) is 13.9. The molecule has 1 heterocycles. The van der Waals surface area contributed by atoms with Gasteiger partial charge in [0.25, 0.3) is 0 Å². The summed E-state index contributed by atoms with van der Waals surface area (Å²) in [6, 6.07) is 16.4. The SMILES string of the molecule is Nc1cn(Cc2ccccc2)nc1-c1ccccc1F. The summed E-state index contributed by atoms with van der Waals surface area (Å²) >= 11 is 0. The van der Waals surface area contributed by atoms with E-state index in [0.717, 1.165) is 5.56 Å². The molecular formula is C16H14FN3. The molecule has 3 aromatic rings. The molecule has 0 aliphatic carbocycles. The van der Waals surface area contributed by atoms with Crippen molar-refractivity contribution in [2.24, 2.45) is 0 Å². The van der Waals surface area contributed by atoms with E-state index in [1.54, 1.807) is 29.1 Å². The molecule has 0 unspecified atom stereocenters. The van der Waals surface area contributed by atoms with E-state index in [1.165, 1.54) is 6.07 Å². The quantitative estimate of drug-likeness (QED) is 0.791. The number of hydrogen-bond donors (Lipinski definition) is 1. The Morgan fingerprint density at radius 2 is 1.70 bits per heavy atom. The molecule has 3 rings (SSSR count). The third kappa shape index (κ3) is 2.40. The van der Waals surface area contributed by atoms with Crippen LogP contribution < -0.4 is 5.73 Å². The van der Waals surface area contributed by atoms with Gasteiger partial charge in [-0.1, -0.05) is 42.5 Å². The highest BCUT2D eigenvalue weighted by atomic mass is 19.1. The second kappa shape index (κ2) is 5.17. The Kier molecular flexibility index (Phi) is 3.21. The standard InChI is InChI=1S/C16H14FN3/c17-14-9-5-4-8-13(14)16-15(18)11-20(19-16)10-12-6-2-1-3-7-12/h1-9,11H,10,18H2. The Hall–Kier alpha value is -2.62. The van der Waals surface area contributed by atoms with Gasteiger partial charge in [-0.05, 0) is 17.7 Å². The van der Waals surface area contributed by atoms with Crippen molar-refractivity contribution in [1.29, 1.82) is 0 Å². The van der Waals surface area contributed by atoms with Crippen molar-refractivity contribution in [2.75, 3.05) is 5.73 Å². The van der Waals surface area contributed by atoms with E-state index in [-0.39, 0.29) is 5.82 Å². The number of nitrogen functional groups attached to an aromatic ring is 1. The van der Waals surface area contributed by atoms with Gasteiger partial charge in [0, 0.05) is 11.8 Å². The largest absolute Gasteiger partial charge is 0.396 e. The van der Waals surface area contributed by atoms with E-state index < -0.39 is 0 Å². The van der Waals surface area contributed by atoms with E-state index >= 15 is 0 Å². The Bertz CT molecular complexity index is 720. The summed E-state index contributed by atoms with van der Waals surface area (Å²) < 4.78 is 15.5. The Balaban J connectivity index is 1.94. The summed E-state index contributed by atoms with van der Waals surface area (Å²) in [4.78, 5) is 0. The first-order valence-corrected chi connectivity index (χ1v) is 6.36. The van der Waals surface area contributed by atoms with Crippen molar-refractivity contribution in [1.82, 2.24) is 9.78 Å². The molecule has 2 aromatic carbocycles. The van der Waals surface area contributed by atoms with Crippen LogP contribution in [0, 0.1) is 5.82 Å². The number of nitrogens with two attached hydrogens (primary N) is 1. The fourth-order valence-corrected chi connectivity index (χ4v) is 2.15. The van der Waals surface area contributed by atoms with Gasteiger partial charge in [-0.3, -0.25) is 4.68 Å². The molecule has 0 amide bonds. The molecule has 0 aliphatic rings. The smallest absolute Gasteiger partial charge is 0.132 e. The predicted molar refractivity (Wildman–Crippen MR) is 77.6 cm³/mol. The average molecular weight is 267 g/mol. The lowest BCUT2D eigenvalue weighted by molar-refractivity contribution is 0.629. The number of anilines is 1. The van der Waals surface area contributed by atoms with Gasteiger partial charge >= 0.3 is 0 Å². The number of halogens is 1. The van der Waals surface area contributed by atoms with Crippen LogP contribution in [0.5, 0.6) is 0 Å². The summed E-state index contributed by atoms with van der Waals surface area (Å²) in [7, 11) is 0. The Morgan fingerprint density at radius 1 is 1.00 bits per heavy atom. The highest BCUT2D eigenvalue weighted by Crippen LogP contribution is 2.26. The second-order valence-corrected chi connectivity index (χ2v) is 4.60. The molecule has 0 atom stereocenters. The van der Waals surface area contributed by atoms with Crippen molar-refractivity contribution < 1.29 is 4.39 Å². The third-order valence-corrected chi connectivity index (χ3v) is 3.11. The molecule has 0 saturated heterocycles. The topological polar surface area (TPSA) is 43.8 Å². The zero-order valence-corrected chi connectivity index (χ0v) is 10.8. The van der Waals surface area contributed by atoms with Crippen LogP contribution in [0.25, 0.3) is 11.3 Å². The van der Waals surface area contributed by atoms with Gasteiger partial charge in [-0.2, -0.15) is 5.10 Å². The Morgan fingerprint density at radius 3 is 2.45 bits per heavy atom. The molecule has 3 nitrogen and oxygen atoms in total. The van der Waals surface area contributed by atoms with Crippen molar-refractivity contribution in [3.63, 3.8) is 0 Å². The fraction of sp³-hybridized carbons (Fsp3) is 0.0625. The van der Waals surface area contributed by atoms with Crippen molar-refractivity contribution in [2.45, 2.75) is 6.54 Å². The molecular weight excluding hydrogens is 253 g/mol. The van der Waals surface area contributed by atoms with E-state index in [9.17, 15) is 4.39 Å². The van der Waals surface area contributed by atoms with Crippen LogP contribution >= 0.6 is 0 Å². The molecule has 0 saturated carbocycles. The maximum absolute atomic E-state index is 13.8. The minimum atomic E-state index is -0.316. The van der Waals surface area contributed by atoms with Gasteiger partial charge in [-0.15, -0.1) is 0 Å². The van der Waals surface area contributed by atoms with Gasteiger partial charge in [-0.25, -0.2) is 4.39 Å². The number of nitrogens with zero attached hydrogens (tertiary/aromatic N) is 2. The number of rotatable bonds is 3. The third-order valence-electron chi connectivity index (χ3n) is 3.11. The van der Waals surface area contributed by atoms with Crippen molar-refractivity contribution in [3.8, 4) is 11.3 Å². The molecule has 0 aliphatic heterocycles. The summed E-state index contributed by atoms with van der Waals surface area (Å²) in [6.07, 6.45) is 1.73. The molecule has 4 heteroatoms. The molecule has 0 radical (unpaired) electrons. The lowest BCUT2D eigenvalue weighted by atomic mass is 10.1. The van der Waals surface area contributed by atoms with Crippen LogP contribution in [0.2, 0.25) is 0 Å². The maximum Gasteiger partial charge on any atom is 0.132 e. The minimum Gasteiger partial charge on any atom is -0.396 e. The maximum atomic E-state index is 13.8. The summed E-state index contributed by atoms with van der Waals surface area (Å²) in [5.74, 6) is -0.316. The van der Waals surface area contributed by atoms with Crippen LogP contribution in [0.1, 0.15) is 5.56 Å². The predicted octanol–water partition coefficient (Wildman–Crippen LogP) is 3.32. The monoisotopic (exact) mass is 267 g/mol. The van der Waals surface area contributed by atoms with Gasteiger partial charge in [0.2, 0.25) is 0 Å². The average Bonchev–Trinajstić information content (AvgIpc) is 2.81. The lowest BCUT2D eigenvalue weighted by Gasteiger charge is -2.01. The van der Waals surface area contributed by atoms with E-state index in [0.29, 0.717) is 23.5 Å². The van der Waals surface area contributed by atoms with E-state index in [4.69, 9.17) is 5.73 Å². The molecule has 100 valence electrons. The van der Waals surface area contributed by atoms with Crippen LogP contribution in [-0.2, 0) is 6.54 Å². The Labute approximate surface area is 116 Å². The first-order valence-electron chi connectivity index (χ1n) is 6.36. The number of benzene rings is 2. The normalized spacial score (nSPS) is 10.7. The highest BCUT2D eigenvalue weighted by Gasteiger charge is 2.12. The van der Waals surface area contributed by atoms with E-state index in [2.05, 4.69) is 5.10 Å². The van der Waals surface area contributed by atoms with Crippen molar-refractivity contribution in [3.05, 3.63) is 72.2 Å². The molecule has 0 bridgehead atoms. The second-order valence-electron chi connectivity index (χ2n) is 4.60. The minimum absolute atomic E-state index is 0.316. The molecule has 0 spiro atoms. The molecule has 0 fully saturated rings. The molecule has 2 N–H and O–H groups in total. The summed E-state index contributed by atoms with van der Waals surface area (Å²) in [6.45, 7) is 0.611. The van der Waals surface area contributed by atoms with Gasteiger partial charge < -0.3 is 5.73 Å². The van der Waals surface area contributed by atoms with Crippen LogP contribution in [-0.4, -0.2) is 9.78 Å². The zero-order valence-electron chi connectivity index (χ0n) is 10.8. The van der Waals surface area contributed by atoms with Crippen molar-refractivity contribution >= 4 is 5.69 Å². The van der Waals surface area contributed by atoms with Gasteiger partial charge in [0.05, 0.1) is 12.2 Å². The van der Waals surface area contributed by atoms with Crippen LogP contribution in [0.4, 0.5) is 10.1 Å². The first kappa shape index (κ1) is 12.4. The molecule has 20 heavy (non-hydrogen) atoms. The lowest BCUT2D eigenvalue weighted by Crippen LogP contribution is -2.00. The summed E-state index contributed by atoms with van der Waals surface area (Å²) in [5.41, 5.74) is 8.46. The fourth-order valence-electron chi connectivity index (χ4n) is 2.15. The van der Waals surface area contributed by atoms with E-state index in [1.807, 2.05) is 30.3 Å². The van der Waals surface area contributed by atoms with Crippen LogP contribution in [0.3, 0.4) is 0 Å². The van der Waals surface area contributed by atoms with Gasteiger partial charge in [0.1, 0.15) is 11.5 Å². The number of hydrogen-bond acceptors (Lipinski definition) is 2. The van der Waals surface area contributed by atoms with Gasteiger partial charge in [0.15, 0.2) is 0 Å².